The molecular formula is C31H38ClN3O4S. The second kappa shape index (κ2) is 13.3. The monoisotopic (exact) mass is 583 g/mol. The highest BCUT2D eigenvalue weighted by atomic mass is 35.5. The van der Waals surface area contributed by atoms with E-state index in [1.807, 2.05) is 52.0 Å². The molecule has 0 aliphatic heterocycles. The number of nitrogens with one attached hydrogen (secondary N) is 1. The molecule has 1 N–H and O–H groups in total. The van der Waals surface area contributed by atoms with Crippen molar-refractivity contribution in [3.8, 4) is 0 Å². The van der Waals surface area contributed by atoms with Gasteiger partial charge in [0.1, 0.15) is 12.6 Å². The molecule has 0 heterocycles. The molecule has 214 valence electrons. The zero-order valence-corrected chi connectivity index (χ0v) is 25.5. The van der Waals surface area contributed by atoms with Gasteiger partial charge in [0.2, 0.25) is 11.8 Å². The molecule has 2 amide bonds. The number of benzene rings is 3. The fraction of sp³-hybridized carbons (Fsp3) is 0.355. The maximum absolute atomic E-state index is 14.1. The number of carbonyl (C=O) groups is 2. The Morgan fingerprint density at radius 2 is 1.55 bits per heavy atom. The minimum atomic E-state index is -4.16. The summed E-state index contributed by atoms with van der Waals surface area (Å²) in [5.41, 5.74) is 3.57. The fourth-order valence-corrected chi connectivity index (χ4v) is 5.86. The van der Waals surface area contributed by atoms with E-state index in [0.29, 0.717) is 22.8 Å². The van der Waals surface area contributed by atoms with Crippen LogP contribution in [0.3, 0.4) is 0 Å². The summed E-state index contributed by atoms with van der Waals surface area (Å²) in [5.74, 6) is -0.578. The van der Waals surface area contributed by atoms with E-state index in [1.54, 1.807) is 44.2 Å². The molecule has 9 heteroatoms. The van der Waals surface area contributed by atoms with Crippen molar-refractivity contribution in [3.05, 3.63) is 94.0 Å². The second-order valence-electron chi connectivity index (χ2n) is 10.5. The molecule has 0 fully saturated rings. The number of rotatable bonds is 11. The first-order valence-corrected chi connectivity index (χ1v) is 15.1. The number of sulfonamides is 1. The maximum Gasteiger partial charge on any atom is 0.264 e. The summed E-state index contributed by atoms with van der Waals surface area (Å²) in [7, 11) is -4.16. The van der Waals surface area contributed by atoms with Gasteiger partial charge in [-0.3, -0.25) is 13.9 Å². The number of anilines is 1. The van der Waals surface area contributed by atoms with Gasteiger partial charge in [-0.05, 0) is 74.6 Å². The van der Waals surface area contributed by atoms with E-state index >= 15 is 0 Å². The number of hydrogen-bond donors (Lipinski definition) is 1. The summed E-state index contributed by atoms with van der Waals surface area (Å²) in [6, 6.07) is 18.2. The summed E-state index contributed by atoms with van der Waals surface area (Å²) < 4.78 is 29.1. The largest absolute Gasteiger partial charge is 0.354 e. The Morgan fingerprint density at radius 1 is 0.900 bits per heavy atom. The fourth-order valence-electron chi connectivity index (χ4n) is 4.22. The van der Waals surface area contributed by atoms with Gasteiger partial charge in [0.05, 0.1) is 10.6 Å². The van der Waals surface area contributed by atoms with Crippen LogP contribution in [0.5, 0.6) is 0 Å². The van der Waals surface area contributed by atoms with Crippen LogP contribution in [0.2, 0.25) is 5.02 Å². The van der Waals surface area contributed by atoms with Crippen molar-refractivity contribution in [3.63, 3.8) is 0 Å². The molecule has 0 aliphatic carbocycles. The van der Waals surface area contributed by atoms with E-state index in [2.05, 4.69) is 5.32 Å². The minimum Gasteiger partial charge on any atom is -0.354 e. The molecule has 3 aromatic rings. The third kappa shape index (κ3) is 7.43. The van der Waals surface area contributed by atoms with Gasteiger partial charge >= 0.3 is 0 Å². The lowest BCUT2D eigenvalue weighted by molar-refractivity contribution is -0.139. The van der Waals surface area contributed by atoms with E-state index in [9.17, 15) is 18.0 Å². The van der Waals surface area contributed by atoms with Crippen molar-refractivity contribution < 1.29 is 18.0 Å². The summed E-state index contributed by atoms with van der Waals surface area (Å²) in [6.45, 7) is 11.3. The first-order chi connectivity index (χ1) is 18.8. The van der Waals surface area contributed by atoms with Crippen molar-refractivity contribution >= 4 is 39.1 Å². The summed E-state index contributed by atoms with van der Waals surface area (Å²) in [5, 5.41) is 3.28. The predicted molar refractivity (Wildman–Crippen MR) is 161 cm³/mol. The van der Waals surface area contributed by atoms with Gasteiger partial charge in [-0.15, -0.1) is 0 Å². The molecule has 1 atom stereocenters. The Hall–Kier alpha value is -3.36. The lowest BCUT2D eigenvalue weighted by atomic mass is 10.1. The van der Waals surface area contributed by atoms with Gasteiger partial charge in [-0.25, -0.2) is 8.42 Å². The highest BCUT2D eigenvalue weighted by Gasteiger charge is 2.33. The molecule has 0 radical (unpaired) electrons. The number of halogens is 1. The third-order valence-corrected chi connectivity index (χ3v) is 9.03. The van der Waals surface area contributed by atoms with Crippen molar-refractivity contribution in [2.24, 2.45) is 5.92 Å². The third-order valence-electron chi connectivity index (χ3n) is 6.85. The first kappa shape index (κ1) is 31.2. The zero-order valence-electron chi connectivity index (χ0n) is 23.9. The van der Waals surface area contributed by atoms with Gasteiger partial charge in [0.15, 0.2) is 0 Å². The number of hydrogen-bond acceptors (Lipinski definition) is 4. The number of nitrogens with zero attached hydrogens (tertiary/aromatic N) is 2. The quantitative estimate of drug-likeness (QED) is 0.316. The standard InChI is InChI=1S/C31H38ClN3O4S/c1-21(2)18-33-31(37)25(6)34(19-26-11-8-7-10-23(26)4)30(36)20-35(29-13-9-12-28(32)24(29)5)40(38,39)27-16-14-22(3)15-17-27/h7-17,21,25H,18-20H2,1-6H3,(H,33,37)/t25-/m1/s1. The van der Waals surface area contributed by atoms with E-state index in [-0.39, 0.29) is 23.3 Å². The molecule has 0 bridgehead atoms. The minimum absolute atomic E-state index is 0.0541. The first-order valence-electron chi connectivity index (χ1n) is 13.3. The molecule has 0 saturated carbocycles. The summed E-state index contributed by atoms with van der Waals surface area (Å²) in [6.07, 6.45) is 0. The molecule has 3 rings (SSSR count). The van der Waals surface area contributed by atoms with Gasteiger partial charge in [-0.1, -0.05) is 73.5 Å². The molecule has 0 spiro atoms. The van der Waals surface area contributed by atoms with Crippen molar-refractivity contribution in [1.29, 1.82) is 0 Å². The molecule has 0 aliphatic rings. The smallest absolute Gasteiger partial charge is 0.264 e. The zero-order chi connectivity index (χ0) is 29.6. The van der Waals surface area contributed by atoms with Crippen LogP contribution in [0.25, 0.3) is 0 Å². The van der Waals surface area contributed by atoms with Crippen LogP contribution in [-0.4, -0.2) is 44.3 Å². The van der Waals surface area contributed by atoms with Crippen molar-refractivity contribution in [2.45, 2.75) is 59.0 Å². The molecule has 0 unspecified atom stereocenters. The maximum atomic E-state index is 14.1. The van der Waals surface area contributed by atoms with Crippen LogP contribution in [0.15, 0.2) is 71.6 Å². The van der Waals surface area contributed by atoms with Crippen molar-refractivity contribution in [1.82, 2.24) is 10.2 Å². The number of aryl methyl sites for hydroxylation is 2. The topological polar surface area (TPSA) is 86.8 Å². The van der Waals surface area contributed by atoms with Crippen LogP contribution >= 0.6 is 11.6 Å². The van der Waals surface area contributed by atoms with Crippen LogP contribution in [0, 0.1) is 26.7 Å². The van der Waals surface area contributed by atoms with E-state index in [0.717, 1.165) is 21.0 Å². The average molecular weight is 584 g/mol. The van der Waals surface area contributed by atoms with E-state index in [4.69, 9.17) is 11.6 Å². The van der Waals surface area contributed by atoms with Gasteiger partial charge in [0.25, 0.3) is 10.0 Å². The second-order valence-corrected chi connectivity index (χ2v) is 12.7. The Kier molecular flexibility index (Phi) is 10.4. The van der Waals surface area contributed by atoms with Gasteiger partial charge < -0.3 is 10.2 Å². The summed E-state index contributed by atoms with van der Waals surface area (Å²) >= 11 is 6.38. The average Bonchev–Trinajstić information content (AvgIpc) is 2.91. The highest BCUT2D eigenvalue weighted by Crippen LogP contribution is 2.31. The van der Waals surface area contributed by atoms with Crippen LogP contribution < -0.4 is 9.62 Å². The van der Waals surface area contributed by atoms with E-state index in [1.165, 1.54) is 17.0 Å². The van der Waals surface area contributed by atoms with Crippen LogP contribution in [0.1, 0.15) is 43.0 Å². The van der Waals surface area contributed by atoms with E-state index < -0.39 is 28.5 Å². The lowest BCUT2D eigenvalue weighted by Crippen LogP contribution is -2.51. The normalized spacial score (nSPS) is 12.2. The molecule has 40 heavy (non-hydrogen) atoms. The highest BCUT2D eigenvalue weighted by molar-refractivity contribution is 7.92. The molecule has 0 saturated heterocycles. The van der Waals surface area contributed by atoms with Crippen LogP contribution in [0.4, 0.5) is 5.69 Å². The SMILES string of the molecule is Cc1ccc(S(=O)(=O)N(CC(=O)N(Cc2ccccc2C)[C@H](C)C(=O)NCC(C)C)c2cccc(Cl)c2C)cc1. The predicted octanol–water partition coefficient (Wildman–Crippen LogP) is 5.65. The molecular weight excluding hydrogens is 546 g/mol. The Labute approximate surface area is 243 Å². The molecule has 7 nitrogen and oxygen atoms in total. The Balaban J connectivity index is 2.07. The Bertz CT molecular complexity index is 1460. The van der Waals surface area contributed by atoms with Gasteiger partial charge in [-0.2, -0.15) is 0 Å². The molecule has 0 aromatic heterocycles. The Morgan fingerprint density at radius 3 is 2.17 bits per heavy atom. The summed E-state index contributed by atoms with van der Waals surface area (Å²) in [4.78, 5) is 28.7. The number of amides is 2. The van der Waals surface area contributed by atoms with Crippen LogP contribution in [-0.2, 0) is 26.2 Å². The number of carbonyl (C=O) groups excluding carboxylic acids is 2. The van der Waals surface area contributed by atoms with Gasteiger partial charge in [0, 0.05) is 18.1 Å². The van der Waals surface area contributed by atoms with Crippen molar-refractivity contribution in [2.75, 3.05) is 17.4 Å². The lowest BCUT2D eigenvalue weighted by Gasteiger charge is -2.33. The molecule has 3 aromatic carbocycles.